The third-order valence-corrected chi connectivity index (χ3v) is 2.75. The Balaban J connectivity index is 2.15. The summed E-state index contributed by atoms with van der Waals surface area (Å²) < 4.78 is 0. The molecular formula is C13H15ClN4. The van der Waals surface area contributed by atoms with Gasteiger partial charge in [-0.2, -0.15) is 0 Å². The van der Waals surface area contributed by atoms with Crippen molar-refractivity contribution in [2.75, 3.05) is 24.3 Å². The molecule has 0 aliphatic carbocycles. The topological polar surface area (TPSA) is 41.0 Å². The molecule has 0 saturated heterocycles. The monoisotopic (exact) mass is 262 g/mol. The van der Waals surface area contributed by atoms with Crippen LogP contribution >= 0.6 is 11.6 Å². The van der Waals surface area contributed by atoms with Crippen LogP contribution in [-0.4, -0.2) is 24.1 Å². The maximum Gasteiger partial charge on any atom is 0.0777 e. The van der Waals surface area contributed by atoms with Gasteiger partial charge in [0.15, 0.2) is 0 Å². The minimum Gasteiger partial charge on any atom is -0.378 e. The molecule has 4 nitrogen and oxygen atoms in total. The van der Waals surface area contributed by atoms with Crippen molar-refractivity contribution < 1.29 is 0 Å². The molecule has 0 aliphatic rings. The van der Waals surface area contributed by atoms with Crippen molar-refractivity contribution >= 4 is 23.0 Å². The summed E-state index contributed by atoms with van der Waals surface area (Å²) in [5.74, 6) is 0. The van der Waals surface area contributed by atoms with Gasteiger partial charge in [-0.1, -0.05) is 11.6 Å². The Morgan fingerprint density at radius 2 is 2.11 bits per heavy atom. The molecule has 2 rings (SSSR count). The van der Waals surface area contributed by atoms with Gasteiger partial charge in [-0.15, -0.1) is 0 Å². The molecule has 1 N–H and O–H groups in total. The summed E-state index contributed by atoms with van der Waals surface area (Å²) in [5.41, 5.74) is 2.96. The molecule has 94 valence electrons. The van der Waals surface area contributed by atoms with E-state index in [4.69, 9.17) is 11.6 Å². The fraction of sp³-hybridized carbons (Fsp3) is 0.231. The average molecular weight is 263 g/mol. The average Bonchev–Trinajstić information content (AvgIpc) is 2.37. The highest BCUT2D eigenvalue weighted by molar-refractivity contribution is 6.31. The number of aromatic nitrogens is 2. The summed E-state index contributed by atoms with van der Waals surface area (Å²) in [5, 5.41) is 4.03. The molecule has 1 aromatic carbocycles. The summed E-state index contributed by atoms with van der Waals surface area (Å²) in [6, 6.07) is 5.78. The van der Waals surface area contributed by atoms with Crippen LogP contribution in [0.1, 0.15) is 5.69 Å². The molecule has 2 aromatic rings. The normalized spacial score (nSPS) is 10.2. The third-order valence-electron chi connectivity index (χ3n) is 2.52. The lowest BCUT2D eigenvalue weighted by Gasteiger charge is -2.18. The molecule has 5 heteroatoms. The van der Waals surface area contributed by atoms with Gasteiger partial charge in [0.2, 0.25) is 0 Å². The number of benzene rings is 1. The molecule has 0 spiro atoms. The SMILES string of the molecule is CN(C)c1ccc(Cl)cc1NCc1cnccn1. The second-order valence-corrected chi connectivity index (χ2v) is 4.54. The molecule has 0 saturated carbocycles. The first-order chi connectivity index (χ1) is 8.66. The van der Waals surface area contributed by atoms with Crippen LogP contribution < -0.4 is 10.2 Å². The largest absolute Gasteiger partial charge is 0.378 e. The summed E-state index contributed by atoms with van der Waals surface area (Å²) in [7, 11) is 3.99. The Morgan fingerprint density at radius 1 is 1.28 bits per heavy atom. The van der Waals surface area contributed by atoms with E-state index in [9.17, 15) is 0 Å². The Bertz CT molecular complexity index is 514. The van der Waals surface area contributed by atoms with Crippen molar-refractivity contribution in [2.45, 2.75) is 6.54 Å². The molecule has 0 atom stereocenters. The quantitative estimate of drug-likeness (QED) is 0.920. The van der Waals surface area contributed by atoms with E-state index in [0.29, 0.717) is 11.6 Å². The Hall–Kier alpha value is -1.81. The fourth-order valence-corrected chi connectivity index (χ4v) is 1.82. The Morgan fingerprint density at radius 3 is 2.78 bits per heavy atom. The minimum absolute atomic E-state index is 0.620. The summed E-state index contributed by atoms with van der Waals surface area (Å²) in [4.78, 5) is 10.3. The first kappa shape index (κ1) is 12.6. The number of nitrogens with zero attached hydrogens (tertiary/aromatic N) is 3. The highest BCUT2D eigenvalue weighted by Crippen LogP contribution is 2.27. The third kappa shape index (κ3) is 3.11. The Kier molecular flexibility index (Phi) is 3.99. The van der Waals surface area contributed by atoms with Gasteiger partial charge in [-0.3, -0.25) is 9.97 Å². The number of hydrogen-bond acceptors (Lipinski definition) is 4. The van der Waals surface area contributed by atoms with Crippen molar-refractivity contribution in [2.24, 2.45) is 0 Å². The molecule has 0 bridgehead atoms. The first-order valence-corrected chi connectivity index (χ1v) is 6.00. The van der Waals surface area contributed by atoms with Crippen molar-refractivity contribution in [3.8, 4) is 0 Å². The molecule has 18 heavy (non-hydrogen) atoms. The second kappa shape index (κ2) is 5.69. The molecule has 1 heterocycles. The van der Waals surface area contributed by atoms with E-state index in [1.54, 1.807) is 18.6 Å². The van der Waals surface area contributed by atoms with Crippen LogP contribution in [0.3, 0.4) is 0 Å². The van der Waals surface area contributed by atoms with Gasteiger partial charge in [-0.05, 0) is 18.2 Å². The van der Waals surface area contributed by atoms with E-state index in [1.807, 2.05) is 37.2 Å². The zero-order chi connectivity index (χ0) is 13.0. The predicted octanol–water partition coefficient (Wildman–Crippen LogP) is 2.81. The number of anilines is 2. The van der Waals surface area contributed by atoms with Gasteiger partial charge >= 0.3 is 0 Å². The van der Waals surface area contributed by atoms with Crippen LogP contribution in [0.25, 0.3) is 0 Å². The van der Waals surface area contributed by atoms with Gasteiger partial charge in [-0.25, -0.2) is 0 Å². The van der Waals surface area contributed by atoms with E-state index in [-0.39, 0.29) is 0 Å². The maximum atomic E-state index is 6.02. The zero-order valence-corrected chi connectivity index (χ0v) is 11.1. The summed E-state index contributed by atoms with van der Waals surface area (Å²) in [6.45, 7) is 0.620. The molecule has 0 fully saturated rings. The first-order valence-electron chi connectivity index (χ1n) is 5.62. The zero-order valence-electron chi connectivity index (χ0n) is 10.4. The standard InChI is InChI=1S/C13H15ClN4/c1-18(2)13-4-3-10(14)7-12(13)17-9-11-8-15-5-6-16-11/h3-8,17H,9H2,1-2H3. The van der Waals surface area contributed by atoms with Crippen LogP contribution in [0, 0.1) is 0 Å². The van der Waals surface area contributed by atoms with Gasteiger partial charge in [0.25, 0.3) is 0 Å². The number of rotatable bonds is 4. The lowest BCUT2D eigenvalue weighted by atomic mass is 10.2. The van der Waals surface area contributed by atoms with E-state index < -0.39 is 0 Å². The number of nitrogens with one attached hydrogen (secondary N) is 1. The van der Waals surface area contributed by atoms with Crippen LogP contribution in [0.15, 0.2) is 36.8 Å². The molecule has 0 radical (unpaired) electrons. The van der Waals surface area contributed by atoms with E-state index in [2.05, 4.69) is 15.3 Å². The van der Waals surface area contributed by atoms with E-state index in [0.717, 1.165) is 17.1 Å². The molecule has 0 unspecified atom stereocenters. The van der Waals surface area contributed by atoms with Crippen LogP contribution in [0.5, 0.6) is 0 Å². The van der Waals surface area contributed by atoms with Gasteiger partial charge in [0.05, 0.1) is 29.8 Å². The lowest BCUT2D eigenvalue weighted by molar-refractivity contribution is 1.00. The second-order valence-electron chi connectivity index (χ2n) is 4.11. The van der Waals surface area contributed by atoms with Crippen LogP contribution in [-0.2, 0) is 6.54 Å². The smallest absolute Gasteiger partial charge is 0.0777 e. The Labute approximate surface area is 112 Å². The van der Waals surface area contributed by atoms with Gasteiger partial charge in [0, 0.05) is 31.5 Å². The summed E-state index contributed by atoms with van der Waals surface area (Å²) in [6.07, 6.45) is 5.09. The van der Waals surface area contributed by atoms with Crippen LogP contribution in [0.2, 0.25) is 5.02 Å². The van der Waals surface area contributed by atoms with Crippen molar-refractivity contribution in [3.05, 3.63) is 47.5 Å². The number of hydrogen-bond donors (Lipinski definition) is 1. The van der Waals surface area contributed by atoms with Gasteiger partial charge < -0.3 is 10.2 Å². The highest BCUT2D eigenvalue weighted by Gasteiger charge is 2.05. The summed E-state index contributed by atoms with van der Waals surface area (Å²) >= 11 is 6.02. The lowest BCUT2D eigenvalue weighted by Crippen LogP contribution is -2.12. The van der Waals surface area contributed by atoms with Gasteiger partial charge in [0.1, 0.15) is 0 Å². The maximum absolute atomic E-state index is 6.02. The predicted molar refractivity (Wildman–Crippen MR) is 75.1 cm³/mol. The van der Waals surface area contributed by atoms with Crippen LogP contribution in [0.4, 0.5) is 11.4 Å². The van der Waals surface area contributed by atoms with E-state index >= 15 is 0 Å². The molecule has 0 amide bonds. The minimum atomic E-state index is 0.620. The van der Waals surface area contributed by atoms with Crippen molar-refractivity contribution in [1.29, 1.82) is 0 Å². The highest BCUT2D eigenvalue weighted by atomic mass is 35.5. The number of halogens is 1. The molecular weight excluding hydrogens is 248 g/mol. The molecule has 0 aliphatic heterocycles. The van der Waals surface area contributed by atoms with E-state index in [1.165, 1.54) is 0 Å². The molecule has 1 aromatic heterocycles. The van der Waals surface area contributed by atoms with Crippen molar-refractivity contribution in [1.82, 2.24) is 9.97 Å². The fourth-order valence-electron chi connectivity index (χ4n) is 1.65. The van der Waals surface area contributed by atoms with Crippen molar-refractivity contribution in [3.63, 3.8) is 0 Å².